The fraction of sp³-hybridized carbons (Fsp3) is 0.0769. The Morgan fingerprint density at radius 2 is 1.88 bits per heavy atom. The molecule has 16 heavy (non-hydrogen) atoms. The third kappa shape index (κ3) is 2.02. The smallest absolute Gasteiger partial charge is 0.126 e. The summed E-state index contributed by atoms with van der Waals surface area (Å²) in [4.78, 5) is 0. The van der Waals surface area contributed by atoms with Gasteiger partial charge >= 0.3 is 0 Å². The molecule has 0 saturated carbocycles. The maximum Gasteiger partial charge on any atom is 0.126 e. The van der Waals surface area contributed by atoms with E-state index in [4.69, 9.17) is 17.3 Å². The lowest BCUT2D eigenvalue weighted by Gasteiger charge is -2.07. The van der Waals surface area contributed by atoms with Crippen molar-refractivity contribution in [3.63, 3.8) is 0 Å². The summed E-state index contributed by atoms with van der Waals surface area (Å²) >= 11 is 5.82. The molecule has 0 aliphatic carbocycles. The summed E-state index contributed by atoms with van der Waals surface area (Å²) < 4.78 is 13.1. The predicted molar refractivity (Wildman–Crippen MR) is 66.0 cm³/mol. The van der Waals surface area contributed by atoms with Gasteiger partial charge in [-0.15, -0.1) is 0 Å². The summed E-state index contributed by atoms with van der Waals surface area (Å²) in [5.41, 5.74) is 8.83. The number of hydrogen-bond donors (Lipinski definition) is 1. The van der Waals surface area contributed by atoms with Crippen LogP contribution in [0, 0.1) is 12.7 Å². The van der Waals surface area contributed by atoms with Crippen LogP contribution in [0.3, 0.4) is 0 Å². The van der Waals surface area contributed by atoms with E-state index in [1.165, 1.54) is 6.07 Å². The fourth-order valence-electron chi connectivity index (χ4n) is 1.61. The van der Waals surface area contributed by atoms with Crippen molar-refractivity contribution >= 4 is 17.3 Å². The molecule has 0 atom stereocenters. The second kappa shape index (κ2) is 4.14. The molecule has 0 unspecified atom stereocenters. The number of benzene rings is 2. The van der Waals surface area contributed by atoms with E-state index >= 15 is 0 Å². The van der Waals surface area contributed by atoms with Crippen molar-refractivity contribution in [2.75, 3.05) is 5.73 Å². The van der Waals surface area contributed by atoms with Crippen LogP contribution in [0.4, 0.5) is 10.1 Å². The maximum absolute atomic E-state index is 13.1. The number of nitrogen functional groups attached to an aromatic ring is 1. The molecule has 2 rings (SSSR count). The largest absolute Gasteiger partial charge is 0.398 e. The van der Waals surface area contributed by atoms with Gasteiger partial charge in [0.2, 0.25) is 0 Å². The number of halogens is 2. The van der Waals surface area contributed by atoms with E-state index in [1.807, 2.05) is 6.07 Å². The number of anilines is 1. The Bertz CT molecular complexity index is 537. The fourth-order valence-corrected chi connectivity index (χ4v) is 1.79. The maximum atomic E-state index is 13.1. The molecular formula is C13H11ClFN. The van der Waals surface area contributed by atoms with Crippen molar-refractivity contribution in [3.8, 4) is 11.1 Å². The average molecular weight is 236 g/mol. The summed E-state index contributed by atoms with van der Waals surface area (Å²) in [5, 5.41) is 0.597. The third-order valence-corrected chi connectivity index (χ3v) is 2.72. The highest BCUT2D eigenvalue weighted by atomic mass is 35.5. The van der Waals surface area contributed by atoms with Crippen LogP contribution in [0.15, 0.2) is 36.4 Å². The molecule has 0 spiro atoms. The van der Waals surface area contributed by atoms with Gasteiger partial charge in [-0.3, -0.25) is 0 Å². The van der Waals surface area contributed by atoms with Gasteiger partial charge in [-0.2, -0.15) is 0 Å². The Labute approximate surface area is 98.7 Å². The molecule has 2 aromatic rings. The van der Waals surface area contributed by atoms with Crippen molar-refractivity contribution < 1.29 is 4.39 Å². The van der Waals surface area contributed by atoms with Gasteiger partial charge in [0.05, 0.1) is 0 Å². The first kappa shape index (κ1) is 11.0. The normalized spacial score (nSPS) is 10.4. The molecule has 0 amide bonds. The zero-order chi connectivity index (χ0) is 11.7. The molecule has 0 aromatic heterocycles. The highest BCUT2D eigenvalue weighted by Gasteiger charge is 2.05. The lowest BCUT2D eigenvalue weighted by Crippen LogP contribution is -1.91. The van der Waals surface area contributed by atoms with E-state index in [2.05, 4.69) is 0 Å². The standard InChI is InChI=1S/C13H11ClFN/c1-8-6-9(2-5-12(8)15)11-4-3-10(14)7-13(11)16/h2-7H,16H2,1H3. The summed E-state index contributed by atoms with van der Waals surface area (Å²) in [6.07, 6.45) is 0. The Hall–Kier alpha value is -1.54. The van der Waals surface area contributed by atoms with E-state index in [0.717, 1.165) is 11.1 Å². The number of hydrogen-bond acceptors (Lipinski definition) is 1. The van der Waals surface area contributed by atoms with Gasteiger partial charge in [0.25, 0.3) is 0 Å². The first-order valence-corrected chi connectivity index (χ1v) is 5.27. The molecule has 82 valence electrons. The molecule has 0 aliphatic heterocycles. The number of nitrogens with two attached hydrogens (primary N) is 1. The summed E-state index contributed by atoms with van der Waals surface area (Å²) in [6, 6.07) is 10.2. The van der Waals surface area contributed by atoms with Gasteiger partial charge in [0.15, 0.2) is 0 Å². The van der Waals surface area contributed by atoms with Gasteiger partial charge in [0, 0.05) is 16.3 Å². The van der Waals surface area contributed by atoms with Crippen LogP contribution in [-0.4, -0.2) is 0 Å². The molecule has 3 heteroatoms. The van der Waals surface area contributed by atoms with Crippen LogP contribution < -0.4 is 5.73 Å². The molecular weight excluding hydrogens is 225 g/mol. The van der Waals surface area contributed by atoms with E-state index in [9.17, 15) is 4.39 Å². The van der Waals surface area contributed by atoms with E-state index < -0.39 is 0 Å². The summed E-state index contributed by atoms with van der Waals surface area (Å²) in [5.74, 6) is -0.212. The van der Waals surface area contributed by atoms with Crippen molar-refractivity contribution in [3.05, 3.63) is 52.8 Å². The molecule has 0 aliphatic rings. The Kier molecular flexibility index (Phi) is 2.84. The van der Waals surface area contributed by atoms with E-state index in [0.29, 0.717) is 16.3 Å². The highest BCUT2D eigenvalue weighted by molar-refractivity contribution is 6.31. The lowest BCUT2D eigenvalue weighted by molar-refractivity contribution is 0.619. The number of rotatable bonds is 1. The number of aryl methyl sites for hydroxylation is 1. The molecule has 0 heterocycles. The van der Waals surface area contributed by atoms with Gasteiger partial charge in [0.1, 0.15) is 5.82 Å². The predicted octanol–water partition coefficient (Wildman–Crippen LogP) is 4.04. The molecule has 2 N–H and O–H groups in total. The highest BCUT2D eigenvalue weighted by Crippen LogP contribution is 2.29. The van der Waals surface area contributed by atoms with Gasteiger partial charge in [-0.25, -0.2) is 4.39 Å². The van der Waals surface area contributed by atoms with Crippen LogP contribution in [0.5, 0.6) is 0 Å². The van der Waals surface area contributed by atoms with E-state index in [-0.39, 0.29) is 5.82 Å². The van der Waals surface area contributed by atoms with Crippen molar-refractivity contribution in [1.29, 1.82) is 0 Å². The topological polar surface area (TPSA) is 26.0 Å². The Morgan fingerprint density at radius 3 is 2.50 bits per heavy atom. The van der Waals surface area contributed by atoms with Crippen LogP contribution in [0.2, 0.25) is 5.02 Å². The minimum atomic E-state index is -0.212. The first-order chi connectivity index (χ1) is 7.58. The lowest BCUT2D eigenvalue weighted by atomic mass is 10.0. The molecule has 0 saturated heterocycles. The first-order valence-electron chi connectivity index (χ1n) is 4.89. The van der Waals surface area contributed by atoms with Gasteiger partial charge in [-0.1, -0.05) is 23.7 Å². The monoisotopic (exact) mass is 235 g/mol. The summed E-state index contributed by atoms with van der Waals surface area (Å²) in [7, 11) is 0. The molecule has 2 aromatic carbocycles. The van der Waals surface area contributed by atoms with Crippen LogP contribution in [0.25, 0.3) is 11.1 Å². The molecule has 0 fully saturated rings. The minimum Gasteiger partial charge on any atom is -0.398 e. The van der Waals surface area contributed by atoms with Crippen molar-refractivity contribution in [2.24, 2.45) is 0 Å². The van der Waals surface area contributed by atoms with Crippen LogP contribution in [-0.2, 0) is 0 Å². The zero-order valence-electron chi connectivity index (χ0n) is 8.80. The Balaban J connectivity index is 2.54. The van der Waals surface area contributed by atoms with E-state index in [1.54, 1.807) is 31.2 Å². The second-order valence-corrected chi connectivity index (χ2v) is 4.13. The minimum absolute atomic E-state index is 0.212. The quantitative estimate of drug-likeness (QED) is 0.742. The van der Waals surface area contributed by atoms with Crippen molar-refractivity contribution in [1.82, 2.24) is 0 Å². The van der Waals surface area contributed by atoms with Gasteiger partial charge in [-0.05, 0) is 42.3 Å². The third-order valence-electron chi connectivity index (χ3n) is 2.48. The van der Waals surface area contributed by atoms with Crippen LogP contribution >= 0.6 is 11.6 Å². The average Bonchev–Trinajstić information content (AvgIpc) is 2.22. The van der Waals surface area contributed by atoms with Gasteiger partial charge < -0.3 is 5.73 Å². The molecule has 0 radical (unpaired) electrons. The summed E-state index contributed by atoms with van der Waals surface area (Å²) in [6.45, 7) is 1.73. The van der Waals surface area contributed by atoms with Crippen molar-refractivity contribution in [2.45, 2.75) is 6.92 Å². The van der Waals surface area contributed by atoms with Crippen LogP contribution in [0.1, 0.15) is 5.56 Å². The molecule has 0 bridgehead atoms. The zero-order valence-corrected chi connectivity index (χ0v) is 9.55. The molecule has 1 nitrogen and oxygen atoms in total. The Morgan fingerprint density at radius 1 is 1.12 bits per heavy atom. The second-order valence-electron chi connectivity index (χ2n) is 3.70. The SMILES string of the molecule is Cc1cc(-c2ccc(Cl)cc2N)ccc1F.